The van der Waals surface area contributed by atoms with Gasteiger partial charge >= 0.3 is 0 Å². The van der Waals surface area contributed by atoms with Crippen molar-refractivity contribution in [3.8, 4) is 11.5 Å². The van der Waals surface area contributed by atoms with Gasteiger partial charge in [-0.05, 0) is 24.1 Å². The second-order valence-electron chi connectivity index (χ2n) is 5.15. The minimum atomic E-state index is 0.455. The third kappa shape index (κ3) is 5.78. The van der Waals surface area contributed by atoms with Gasteiger partial charge in [-0.2, -0.15) is 0 Å². The molecule has 1 N–H and O–H groups in total. The molecule has 0 bridgehead atoms. The second-order valence-corrected chi connectivity index (χ2v) is 5.15. The number of nitrogens with one attached hydrogen (secondary N) is 1. The summed E-state index contributed by atoms with van der Waals surface area (Å²) in [6.07, 6.45) is 2.17. The number of ether oxygens (including phenoxy) is 3. The summed E-state index contributed by atoms with van der Waals surface area (Å²) in [7, 11) is 5.07. The van der Waals surface area contributed by atoms with E-state index in [4.69, 9.17) is 14.2 Å². The van der Waals surface area contributed by atoms with E-state index >= 15 is 0 Å². The van der Waals surface area contributed by atoms with Gasteiger partial charge in [-0.15, -0.1) is 0 Å². The van der Waals surface area contributed by atoms with Gasteiger partial charge in [0.25, 0.3) is 0 Å². The number of hydrogen-bond acceptors (Lipinski definition) is 4. The summed E-state index contributed by atoms with van der Waals surface area (Å²) < 4.78 is 15.8. The van der Waals surface area contributed by atoms with Crippen molar-refractivity contribution in [3.05, 3.63) is 29.3 Å². The van der Waals surface area contributed by atoms with E-state index in [1.807, 2.05) is 18.2 Å². The largest absolute Gasteiger partial charge is 0.497 e. The van der Waals surface area contributed by atoms with Gasteiger partial charge < -0.3 is 19.5 Å². The molecular formula is C17H27NO3. The fraction of sp³-hybridized carbons (Fsp3) is 0.529. The predicted octanol–water partition coefficient (Wildman–Crippen LogP) is 2.98. The molecule has 0 saturated carbocycles. The van der Waals surface area contributed by atoms with E-state index in [9.17, 15) is 0 Å². The summed E-state index contributed by atoms with van der Waals surface area (Å²) in [6, 6.07) is 5.83. The van der Waals surface area contributed by atoms with Gasteiger partial charge in [0, 0.05) is 25.8 Å². The average molecular weight is 293 g/mol. The Bertz CT molecular complexity index is 455. The van der Waals surface area contributed by atoms with Gasteiger partial charge in [-0.3, -0.25) is 0 Å². The van der Waals surface area contributed by atoms with Gasteiger partial charge in [0.15, 0.2) is 0 Å². The van der Waals surface area contributed by atoms with Crippen molar-refractivity contribution >= 4 is 6.08 Å². The standard InChI is InChI=1S/C17H27NO3/c1-13(2)15(12-18-8-9-19-3)10-14-11-16(20-4)6-7-17(14)21-5/h6-7,10-11,13,18H,8-9,12H2,1-5H3. The molecule has 1 rings (SSSR count). The maximum Gasteiger partial charge on any atom is 0.126 e. The highest BCUT2D eigenvalue weighted by Gasteiger charge is 2.07. The molecule has 0 aromatic heterocycles. The van der Waals surface area contributed by atoms with Crippen LogP contribution in [0.5, 0.6) is 11.5 Å². The predicted molar refractivity (Wildman–Crippen MR) is 87.1 cm³/mol. The molecule has 21 heavy (non-hydrogen) atoms. The van der Waals surface area contributed by atoms with Crippen LogP contribution in [0.25, 0.3) is 6.08 Å². The Balaban J connectivity index is 2.92. The molecule has 1 aromatic carbocycles. The number of benzene rings is 1. The third-order valence-corrected chi connectivity index (χ3v) is 3.33. The first-order valence-electron chi connectivity index (χ1n) is 7.24. The lowest BCUT2D eigenvalue weighted by Gasteiger charge is -2.14. The SMILES string of the molecule is COCCNCC(=Cc1cc(OC)ccc1OC)C(C)C. The van der Waals surface area contributed by atoms with Crippen molar-refractivity contribution in [3.63, 3.8) is 0 Å². The average Bonchev–Trinajstić information content (AvgIpc) is 2.49. The molecule has 0 fully saturated rings. The normalized spacial score (nSPS) is 11.8. The van der Waals surface area contributed by atoms with Gasteiger partial charge in [0.1, 0.15) is 11.5 Å². The lowest BCUT2D eigenvalue weighted by molar-refractivity contribution is 0.200. The molecule has 0 aliphatic carbocycles. The lowest BCUT2D eigenvalue weighted by Crippen LogP contribution is -2.23. The van der Waals surface area contributed by atoms with Crippen molar-refractivity contribution in [1.29, 1.82) is 0 Å². The van der Waals surface area contributed by atoms with Gasteiger partial charge in [-0.1, -0.05) is 25.5 Å². The topological polar surface area (TPSA) is 39.7 Å². The van der Waals surface area contributed by atoms with Crippen LogP contribution in [0.2, 0.25) is 0 Å². The summed E-state index contributed by atoms with van der Waals surface area (Å²) in [5.74, 6) is 2.14. The molecular weight excluding hydrogens is 266 g/mol. The molecule has 0 spiro atoms. The highest BCUT2D eigenvalue weighted by molar-refractivity contribution is 5.62. The van der Waals surface area contributed by atoms with Crippen LogP contribution in [0.4, 0.5) is 0 Å². The minimum absolute atomic E-state index is 0.455. The van der Waals surface area contributed by atoms with Crippen molar-refractivity contribution in [2.24, 2.45) is 5.92 Å². The quantitative estimate of drug-likeness (QED) is 0.711. The Hall–Kier alpha value is -1.52. The maximum atomic E-state index is 5.43. The molecule has 0 saturated heterocycles. The van der Waals surface area contributed by atoms with Gasteiger partial charge in [0.2, 0.25) is 0 Å². The first-order valence-corrected chi connectivity index (χ1v) is 7.24. The summed E-state index contributed by atoms with van der Waals surface area (Å²) >= 11 is 0. The zero-order valence-electron chi connectivity index (χ0n) is 13.7. The fourth-order valence-electron chi connectivity index (χ4n) is 1.98. The van der Waals surface area contributed by atoms with Crippen LogP contribution in [0, 0.1) is 5.92 Å². The van der Waals surface area contributed by atoms with Crippen molar-refractivity contribution in [2.45, 2.75) is 13.8 Å². The van der Waals surface area contributed by atoms with Crippen LogP contribution in [0.1, 0.15) is 19.4 Å². The van der Waals surface area contributed by atoms with Crippen LogP contribution in [0.3, 0.4) is 0 Å². The number of hydrogen-bond donors (Lipinski definition) is 1. The summed E-state index contributed by atoms with van der Waals surface area (Å²) in [5.41, 5.74) is 2.35. The van der Waals surface area contributed by atoms with Crippen LogP contribution >= 0.6 is 0 Å². The summed E-state index contributed by atoms with van der Waals surface area (Å²) in [6.45, 7) is 6.78. The zero-order chi connectivity index (χ0) is 15.7. The maximum absolute atomic E-state index is 5.43. The van der Waals surface area contributed by atoms with Gasteiger partial charge in [-0.25, -0.2) is 0 Å². The van der Waals surface area contributed by atoms with Crippen molar-refractivity contribution in [1.82, 2.24) is 5.32 Å². The third-order valence-electron chi connectivity index (χ3n) is 3.33. The molecule has 0 aliphatic heterocycles. The van der Waals surface area contributed by atoms with E-state index in [2.05, 4.69) is 25.2 Å². The van der Waals surface area contributed by atoms with Crippen LogP contribution < -0.4 is 14.8 Å². The smallest absolute Gasteiger partial charge is 0.126 e. The minimum Gasteiger partial charge on any atom is -0.497 e. The van der Waals surface area contributed by atoms with Crippen molar-refractivity contribution < 1.29 is 14.2 Å². The molecule has 4 heteroatoms. The molecule has 0 unspecified atom stereocenters. The van der Waals surface area contributed by atoms with Crippen LogP contribution in [0.15, 0.2) is 23.8 Å². The monoisotopic (exact) mass is 293 g/mol. The lowest BCUT2D eigenvalue weighted by atomic mass is 9.99. The first kappa shape index (κ1) is 17.5. The van der Waals surface area contributed by atoms with Crippen molar-refractivity contribution in [2.75, 3.05) is 41.0 Å². The summed E-state index contributed by atoms with van der Waals surface area (Å²) in [4.78, 5) is 0. The second kappa shape index (κ2) is 9.42. The molecule has 0 atom stereocenters. The van der Waals surface area contributed by atoms with E-state index in [0.29, 0.717) is 12.5 Å². The Morgan fingerprint density at radius 1 is 1.19 bits per heavy atom. The highest BCUT2D eigenvalue weighted by Crippen LogP contribution is 2.27. The number of rotatable bonds is 9. The van der Waals surface area contributed by atoms with E-state index in [1.54, 1.807) is 21.3 Å². The molecule has 0 amide bonds. The summed E-state index contributed by atoms with van der Waals surface area (Å²) in [5, 5.41) is 3.39. The Kier molecular flexibility index (Phi) is 7.87. The molecule has 0 aliphatic rings. The molecule has 0 radical (unpaired) electrons. The van der Waals surface area contributed by atoms with E-state index in [0.717, 1.165) is 30.2 Å². The van der Waals surface area contributed by atoms with Gasteiger partial charge in [0.05, 0.1) is 20.8 Å². The first-order chi connectivity index (χ1) is 10.1. The molecule has 0 heterocycles. The zero-order valence-corrected chi connectivity index (χ0v) is 13.7. The molecule has 4 nitrogen and oxygen atoms in total. The van der Waals surface area contributed by atoms with Crippen LogP contribution in [-0.2, 0) is 4.74 Å². The fourth-order valence-corrected chi connectivity index (χ4v) is 1.98. The highest BCUT2D eigenvalue weighted by atomic mass is 16.5. The number of methoxy groups -OCH3 is 3. The Labute approximate surface area is 128 Å². The molecule has 118 valence electrons. The van der Waals surface area contributed by atoms with E-state index < -0.39 is 0 Å². The van der Waals surface area contributed by atoms with E-state index in [-0.39, 0.29) is 0 Å². The van der Waals surface area contributed by atoms with Crippen LogP contribution in [-0.4, -0.2) is 41.0 Å². The molecule has 1 aromatic rings. The Morgan fingerprint density at radius 3 is 2.52 bits per heavy atom. The Morgan fingerprint density at radius 2 is 1.95 bits per heavy atom. The van der Waals surface area contributed by atoms with E-state index in [1.165, 1.54) is 5.57 Å².